The zero-order chi connectivity index (χ0) is 36.1. The van der Waals surface area contributed by atoms with Crippen LogP contribution in [-0.4, -0.2) is 9.13 Å². The van der Waals surface area contributed by atoms with Gasteiger partial charge >= 0.3 is 0 Å². The summed E-state index contributed by atoms with van der Waals surface area (Å²) in [7, 11) is 0. The van der Waals surface area contributed by atoms with E-state index in [0.29, 0.717) is 0 Å². The first-order valence-electron chi connectivity index (χ1n) is 19.0. The van der Waals surface area contributed by atoms with Crippen molar-refractivity contribution >= 4 is 60.6 Å². The molecule has 0 fully saturated rings. The van der Waals surface area contributed by atoms with Crippen LogP contribution in [0.2, 0.25) is 0 Å². The highest BCUT2D eigenvalue weighted by atomic mass is 15.2. The van der Waals surface area contributed by atoms with Crippen molar-refractivity contribution in [1.82, 2.24) is 9.13 Å². The maximum atomic E-state index is 2.49. The van der Waals surface area contributed by atoms with Gasteiger partial charge in [0.2, 0.25) is 0 Å². The Morgan fingerprint density at radius 1 is 0.444 bits per heavy atom. The van der Waals surface area contributed by atoms with Gasteiger partial charge in [0.1, 0.15) is 0 Å². The van der Waals surface area contributed by atoms with Gasteiger partial charge in [-0.25, -0.2) is 0 Å². The summed E-state index contributed by atoms with van der Waals surface area (Å²) in [5.41, 5.74) is 19.0. The molecule has 1 aliphatic heterocycles. The number of para-hydroxylation sites is 3. The molecular formula is C51H39N3. The maximum Gasteiger partial charge on any atom is 0.0542 e. The maximum absolute atomic E-state index is 2.49. The summed E-state index contributed by atoms with van der Waals surface area (Å²) in [5, 5.41) is 5.12. The van der Waals surface area contributed by atoms with E-state index in [1.807, 2.05) is 0 Å². The Morgan fingerprint density at radius 2 is 1.02 bits per heavy atom. The zero-order valence-corrected chi connectivity index (χ0v) is 30.7. The first kappa shape index (κ1) is 31.0. The molecule has 0 radical (unpaired) electrons. The van der Waals surface area contributed by atoms with Crippen LogP contribution >= 0.6 is 0 Å². The Balaban J connectivity index is 1.08. The topological polar surface area (TPSA) is 13.1 Å². The van der Waals surface area contributed by atoms with Gasteiger partial charge in [-0.05, 0) is 117 Å². The third kappa shape index (κ3) is 4.55. The second-order valence-corrected chi connectivity index (χ2v) is 15.2. The smallest absolute Gasteiger partial charge is 0.0542 e. The number of fused-ring (bicyclic) bond motifs is 9. The van der Waals surface area contributed by atoms with Crippen molar-refractivity contribution in [3.63, 3.8) is 0 Å². The Labute approximate surface area is 315 Å². The lowest BCUT2D eigenvalue weighted by Gasteiger charge is -2.27. The number of benzene rings is 7. The lowest BCUT2D eigenvalue weighted by Crippen LogP contribution is -2.15. The van der Waals surface area contributed by atoms with Gasteiger partial charge in [0.05, 0.1) is 27.8 Å². The number of anilines is 2. The molecule has 11 rings (SSSR count). The highest BCUT2D eigenvalue weighted by Gasteiger charge is 2.36. The van der Waals surface area contributed by atoms with Crippen LogP contribution in [0.25, 0.3) is 60.6 Å². The number of rotatable bonds is 4. The average molecular weight is 694 g/mol. The number of hydrogen-bond acceptors (Lipinski definition) is 1. The largest absolute Gasteiger partial charge is 0.313 e. The Kier molecular flexibility index (Phi) is 6.72. The summed E-state index contributed by atoms with van der Waals surface area (Å²) < 4.78 is 4.93. The van der Waals surface area contributed by atoms with E-state index < -0.39 is 0 Å². The van der Waals surface area contributed by atoms with Crippen molar-refractivity contribution in [2.45, 2.75) is 33.1 Å². The van der Waals surface area contributed by atoms with Crippen LogP contribution in [0, 0.1) is 20.8 Å². The van der Waals surface area contributed by atoms with Crippen molar-refractivity contribution in [1.29, 1.82) is 0 Å². The van der Waals surface area contributed by atoms with Crippen LogP contribution in [0.4, 0.5) is 11.4 Å². The Hall–Kier alpha value is -6.58. The van der Waals surface area contributed by atoms with E-state index in [-0.39, 0.29) is 5.92 Å². The number of aromatic nitrogens is 2. The molecule has 0 saturated carbocycles. The average Bonchev–Trinajstić information content (AvgIpc) is 3.83. The van der Waals surface area contributed by atoms with E-state index >= 15 is 0 Å². The van der Waals surface area contributed by atoms with Crippen LogP contribution in [0.1, 0.15) is 40.2 Å². The minimum absolute atomic E-state index is 0.287. The molecule has 54 heavy (non-hydrogen) atoms. The summed E-state index contributed by atoms with van der Waals surface area (Å²) in [6.45, 7) is 6.52. The first-order chi connectivity index (χ1) is 26.5. The van der Waals surface area contributed by atoms with Crippen LogP contribution in [0.3, 0.4) is 0 Å². The second-order valence-electron chi connectivity index (χ2n) is 15.2. The number of hydrogen-bond donors (Lipinski definition) is 0. The van der Waals surface area contributed by atoms with Gasteiger partial charge in [0.15, 0.2) is 0 Å². The molecule has 2 aromatic heterocycles. The highest BCUT2D eigenvalue weighted by Crippen LogP contribution is 2.53. The monoisotopic (exact) mass is 693 g/mol. The van der Waals surface area contributed by atoms with Crippen molar-refractivity contribution < 1.29 is 0 Å². The van der Waals surface area contributed by atoms with Crippen LogP contribution < -0.4 is 4.90 Å². The Bertz CT molecular complexity index is 3000. The molecule has 1 unspecified atom stereocenters. The standard InChI is InChI=1S/C51H39N3/c1-32-16-21-36(22-17-32)52-46-14-8-5-11-39(46)43-30-35(20-26-50(43)52)38-10-4-7-13-45(38)54-47-15-9-6-12-40(47)44-31-37(23-27-51(44)54)53-48-24-18-33(2)28-41(48)42-29-34(3)19-25-49(42)53/h4-29,31,43H,30H2,1-3H3. The fourth-order valence-electron chi connectivity index (χ4n) is 9.33. The molecule has 9 aromatic rings. The van der Waals surface area contributed by atoms with E-state index in [4.69, 9.17) is 0 Å². The van der Waals surface area contributed by atoms with Gasteiger partial charge in [-0.2, -0.15) is 0 Å². The summed E-state index contributed by atoms with van der Waals surface area (Å²) >= 11 is 0. The fourth-order valence-corrected chi connectivity index (χ4v) is 9.33. The molecule has 1 aliphatic carbocycles. The highest BCUT2D eigenvalue weighted by molar-refractivity contribution is 6.12. The number of allylic oxidation sites excluding steroid dienone is 4. The zero-order valence-electron chi connectivity index (χ0n) is 30.7. The first-order valence-corrected chi connectivity index (χ1v) is 19.0. The lowest BCUT2D eigenvalue weighted by atomic mass is 9.84. The molecule has 0 N–H and O–H groups in total. The predicted octanol–water partition coefficient (Wildman–Crippen LogP) is 13.4. The van der Waals surface area contributed by atoms with E-state index in [1.54, 1.807) is 0 Å². The third-order valence-electron chi connectivity index (χ3n) is 11.8. The molecule has 0 amide bonds. The van der Waals surface area contributed by atoms with Crippen molar-refractivity contribution in [2.24, 2.45) is 0 Å². The molecule has 3 heterocycles. The van der Waals surface area contributed by atoms with E-state index in [1.165, 1.54) is 105 Å². The lowest BCUT2D eigenvalue weighted by molar-refractivity contribution is 0.831. The van der Waals surface area contributed by atoms with Crippen molar-refractivity contribution in [3.05, 3.63) is 197 Å². The number of aryl methyl sites for hydroxylation is 3. The van der Waals surface area contributed by atoms with Crippen LogP contribution in [0.5, 0.6) is 0 Å². The Morgan fingerprint density at radius 3 is 1.80 bits per heavy atom. The summed E-state index contributed by atoms with van der Waals surface area (Å²) in [6.07, 6.45) is 5.68. The summed E-state index contributed by atoms with van der Waals surface area (Å²) in [5.74, 6) is 0.287. The predicted molar refractivity (Wildman–Crippen MR) is 228 cm³/mol. The molecule has 7 aromatic carbocycles. The van der Waals surface area contributed by atoms with Gasteiger partial charge < -0.3 is 14.0 Å². The molecule has 2 aliphatic rings. The normalized spacial score (nSPS) is 15.2. The molecule has 3 nitrogen and oxygen atoms in total. The molecule has 0 spiro atoms. The van der Waals surface area contributed by atoms with Crippen LogP contribution in [0.15, 0.2) is 170 Å². The van der Waals surface area contributed by atoms with Crippen LogP contribution in [-0.2, 0) is 0 Å². The van der Waals surface area contributed by atoms with Gasteiger partial charge in [0.25, 0.3) is 0 Å². The second kappa shape index (κ2) is 11.7. The minimum Gasteiger partial charge on any atom is -0.313 e. The molecule has 1 atom stereocenters. The SMILES string of the molecule is Cc1ccc(N2C3=CC=C(c4ccccc4-n4c5ccccc5c5cc(-n6c7ccc(C)cc7c7cc(C)ccc76)ccc54)CC3c3ccccc32)cc1. The molecule has 0 bridgehead atoms. The summed E-state index contributed by atoms with van der Waals surface area (Å²) in [6, 6.07) is 56.5. The molecule has 3 heteroatoms. The minimum atomic E-state index is 0.287. The van der Waals surface area contributed by atoms with Crippen molar-refractivity contribution in [3.8, 4) is 11.4 Å². The van der Waals surface area contributed by atoms with E-state index in [2.05, 4.69) is 199 Å². The third-order valence-corrected chi connectivity index (χ3v) is 11.8. The molecular weight excluding hydrogens is 655 g/mol. The van der Waals surface area contributed by atoms with Gasteiger partial charge in [-0.3, -0.25) is 0 Å². The van der Waals surface area contributed by atoms with Crippen molar-refractivity contribution in [2.75, 3.05) is 4.90 Å². The fraction of sp³-hybridized carbons (Fsp3) is 0.0980. The van der Waals surface area contributed by atoms with E-state index in [9.17, 15) is 0 Å². The number of nitrogens with zero attached hydrogens (tertiary/aromatic N) is 3. The quantitative estimate of drug-likeness (QED) is 0.179. The van der Waals surface area contributed by atoms with E-state index in [0.717, 1.165) is 6.42 Å². The summed E-state index contributed by atoms with van der Waals surface area (Å²) in [4.78, 5) is 2.46. The van der Waals surface area contributed by atoms with Gasteiger partial charge in [0, 0.05) is 55.8 Å². The molecule has 0 saturated heterocycles. The molecule has 258 valence electrons. The van der Waals surface area contributed by atoms with Gasteiger partial charge in [-0.1, -0.05) is 102 Å². The van der Waals surface area contributed by atoms with Gasteiger partial charge in [-0.15, -0.1) is 0 Å².